The molecule has 1 saturated heterocycles. The second-order valence-corrected chi connectivity index (χ2v) is 6.90. The number of hydrogen-bond donors (Lipinski definition) is 1. The predicted octanol–water partition coefficient (Wildman–Crippen LogP) is 1.83. The van der Waals surface area contributed by atoms with Crippen molar-refractivity contribution >= 4 is 11.8 Å². The summed E-state index contributed by atoms with van der Waals surface area (Å²) in [5.41, 5.74) is 0.928. The number of nitrogens with zero attached hydrogens (tertiary/aromatic N) is 2. The van der Waals surface area contributed by atoms with Gasteiger partial charge in [0.15, 0.2) is 6.61 Å². The number of carbonyl (C=O) groups excluding carboxylic acids is 2. The third-order valence-corrected chi connectivity index (χ3v) is 4.91. The standard InChI is InChI=1S/C21H24FN3O3/c1-24-13-17(25(2)20(21(24)27)15-6-4-3-5-7-15)12-23-19(26)14-28-18-10-8-16(22)9-11-18/h3-11,17,20H,12-14H2,1-2H3,(H,23,26)/t17-,20+/m1/s1. The number of nitrogens with one attached hydrogen (secondary N) is 1. The number of ether oxygens (including phenoxy) is 1. The molecule has 1 heterocycles. The van der Waals surface area contributed by atoms with E-state index in [0.717, 1.165) is 5.56 Å². The van der Waals surface area contributed by atoms with E-state index in [2.05, 4.69) is 5.32 Å². The van der Waals surface area contributed by atoms with Crippen LogP contribution in [0.1, 0.15) is 11.6 Å². The zero-order chi connectivity index (χ0) is 20.1. The summed E-state index contributed by atoms with van der Waals surface area (Å²) < 4.78 is 18.3. The molecule has 3 rings (SSSR count). The van der Waals surface area contributed by atoms with Crippen molar-refractivity contribution in [3.8, 4) is 5.75 Å². The second-order valence-electron chi connectivity index (χ2n) is 6.90. The van der Waals surface area contributed by atoms with Crippen LogP contribution >= 0.6 is 0 Å². The Hall–Kier alpha value is -2.93. The van der Waals surface area contributed by atoms with Crippen molar-refractivity contribution in [1.29, 1.82) is 0 Å². The van der Waals surface area contributed by atoms with Crippen LogP contribution in [-0.2, 0) is 9.59 Å². The topological polar surface area (TPSA) is 61.9 Å². The summed E-state index contributed by atoms with van der Waals surface area (Å²) >= 11 is 0. The Bertz CT molecular complexity index is 813. The SMILES string of the molecule is CN1C[C@@H](CNC(=O)COc2ccc(F)cc2)N(C)[C@@H](c2ccccc2)C1=O. The molecule has 28 heavy (non-hydrogen) atoms. The van der Waals surface area contributed by atoms with E-state index in [1.807, 2.05) is 42.3 Å². The summed E-state index contributed by atoms with van der Waals surface area (Å²) in [4.78, 5) is 28.5. The van der Waals surface area contributed by atoms with Crippen molar-refractivity contribution in [3.05, 3.63) is 66.0 Å². The average molecular weight is 385 g/mol. The molecule has 0 spiro atoms. The first-order valence-electron chi connectivity index (χ1n) is 9.12. The Balaban J connectivity index is 1.56. The van der Waals surface area contributed by atoms with Crippen molar-refractivity contribution < 1.29 is 18.7 Å². The lowest BCUT2D eigenvalue weighted by molar-refractivity contribution is -0.142. The highest BCUT2D eigenvalue weighted by atomic mass is 19.1. The molecule has 148 valence electrons. The van der Waals surface area contributed by atoms with Gasteiger partial charge in [0.1, 0.15) is 17.6 Å². The molecule has 1 aliphatic heterocycles. The van der Waals surface area contributed by atoms with Gasteiger partial charge in [-0.2, -0.15) is 0 Å². The van der Waals surface area contributed by atoms with Gasteiger partial charge >= 0.3 is 0 Å². The van der Waals surface area contributed by atoms with Gasteiger partial charge in [0.25, 0.3) is 5.91 Å². The molecule has 1 N–H and O–H groups in total. The normalized spacial score (nSPS) is 20.1. The van der Waals surface area contributed by atoms with Gasteiger partial charge in [0.05, 0.1) is 0 Å². The van der Waals surface area contributed by atoms with E-state index in [4.69, 9.17) is 4.74 Å². The van der Waals surface area contributed by atoms with Gasteiger partial charge in [-0.3, -0.25) is 14.5 Å². The van der Waals surface area contributed by atoms with Gasteiger partial charge < -0.3 is 15.0 Å². The Labute approximate surface area is 163 Å². The van der Waals surface area contributed by atoms with E-state index in [-0.39, 0.29) is 36.3 Å². The first-order valence-corrected chi connectivity index (χ1v) is 9.12. The van der Waals surface area contributed by atoms with Crippen molar-refractivity contribution in [2.45, 2.75) is 12.1 Å². The molecule has 1 aliphatic rings. The molecule has 0 saturated carbocycles. The average Bonchev–Trinajstić information content (AvgIpc) is 2.70. The van der Waals surface area contributed by atoms with E-state index in [9.17, 15) is 14.0 Å². The van der Waals surface area contributed by atoms with Crippen LogP contribution in [0.25, 0.3) is 0 Å². The summed E-state index contributed by atoms with van der Waals surface area (Å²) in [7, 11) is 3.67. The fourth-order valence-electron chi connectivity index (χ4n) is 3.31. The van der Waals surface area contributed by atoms with Crippen molar-refractivity contribution in [3.63, 3.8) is 0 Å². The fourth-order valence-corrected chi connectivity index (χ4v) is 3.31. The number of benzene rings is 2. The fraction of sp³-hybridized carbons (Fsp3) is 0.333. The molecule has 2 aromatic rings. The molecule has 2 aromatic carbocycles. The summed E-state index contributed by atoms with van der Waals surface area (Å²) in [5.74, 6) is -0.158. The van der Waals surface area contributed by atoms with Crippen LogP contribution < -0.4 is 10.1 Å². The zero-order valence-corrected chi connectivity index (χ0v) is 16.0. The summed E-state index contributed by atoms with van der Waals surface area (Å²) in [5, 5.41) is 2.85. The minimum absolute atomic E-state index is 0.0253. The highest BCUT2D eigenvalue weighted by Gasteiger charge is 2.37. The van der Waals surface area contributed by atoms with Gasteiger partial charge in [0.2, 0.25) is 5.91 Å². The number of likely N-dealkylation sites (N-methyl/N-ethyl adjacent to an activating group) is 2. The number of rotatable bonds is 6. The minimum Gasteiger partial charge on any atom is -0.484 e. The van der Waals surface area contributed by atoms with Gasteiger partial charge in [-0.15, -0.1) is 0 Å². The molecule has 0 unspecified atom stereocenters. The van der Waals surface area contributed by atoms with Crippen molar-refractivity contribution in [2.24, 2.45) is 0 Å². The van der Waals surface area contributed by atoms with Crippen LogP contribution in [0.2, 0.25) is 0 Å². The van der Waals surface area contributed by atoms with Crippen molar-refractivity contribution in [1.82, 2.24) is 15.1 Å². The summed E-state index contributed by atoms with van der Waals surface area (Å²) in [6, 6.07) is 14.7. The molecule has 1 fully saturated rings. The third kappa shape index (κ3) is 4.67. The summed E-state index contributed by atoms with van der Waals surface area (Å²) in [6.07, 6.45) is 0. The number of carbonyl (C=O) groups is 2. The largest absolute Gasteiger partial charge is 0.484 e. The van der Waals surface area contributed by atoms with Gasteiger partial charge in [0, 0.05) is 26.2 Å². The van der Waals surface area contributed by atoms with E-state index in [1.54, 1.807) is 11.9 Å². The van der Waals surface area contributed by atoms with Crippen LogP contribution in [0, 0.1) is 5.82 Å². The summed E-state index contributed by atoms with van der Waals surface area (Å²) in [6.45, 7) is 0.764. The number of hydrogen-bond acceptors (Lipinski definition) is 4. The molecule has 2 atom stereocenters. The third-order valence-electron chi connectivity index (χ3n) is 4.91. The lowest BCUT2D eigenvalue weighted by Crippen LogP contribution is -2.58. The maximum Gasteiger partial charge on any atom is 0.257 e. The predicted molar refractivity (Wildman–Crippen MR) is 103 cm³/mol. The van der Waals surface area contributed by atoms with Crippen LogP contribution in [0.3, 0.4) is 0 Å². The Morgan fingerprint density at radius 1 is 1.14 bits per heavy atom. The molecule has 0 bridgehead atoms. The van der Waals surface area contributed by atoms with E-state index in [0.29, 0.717) is 18.8 Å². The maximum absolute atomic E-state index is 12.9. The quantitative estimate of drug-likeness (QED) is 0.824. The van der Waals surface area contributed by atoms with Crippen LogP contribution in [0.4, 0.5) is 4.39 Å². The monoisotopic (exact) mass is 385 g/mol. The molecule has 7 heteroatoms. The highest BCUT2D eigenvalue weighted by Crippen LogP contribution is 2.27. The molecule has 0 aromatic heterocycles. The second kappa shape index (κ2) is 8.84. The van der Waals surface area contributed by atoms with E-state index >= 15 is 0 Å². The van der Waals surface area contributed by atoms with Gasteiger partial charge in [-0.05, 0) is 36.9 Å². The first kappa shape index (κ1) is 19.8. The number of piperazine rings is 1. The van der Waals surface area contributed by atoms with Gasteiger partial charge in [-0.25, -0.2) is 4.39 Å². The minimum atomic E-state index is -0.377. The van der Waals surface area contributed by atoms with Gasteiger partial charge in [-0.1, -0.05) is 30.3 Å². The molecular weight excluding hydrogens is 361 g/mol. The lowest BCUT2D eigenvalue weighted by atomic mass is 9.99. The highest BCUT2D eigenvalue weighted by molar-refractivity contribution is 5.84. The zero-order valence-electron chi connectivity index (χ0n) is 16.0. The Morgan fingerprint density at radius 2 is 1.82 bits per heavy atom. The van der Waals surface area contributed by atoms with E-state index < -0.39 is 0 Å². The van der Waals surface area contributed by atoms with Crippen molar-refractivity contribution in [2.75, 3.05) is 33.8 Å². The molecule has 2 amide bonds. The molecule has 0 radical (unpaired) electrons. The Kier molecular flexibility index (Phi) is 6.26. The molecule has 6 nitrogen and oxygen atoms in total. The first-order chi connectivity index (χ1) is 13.5. The lowest BCUT2D eigenvalue weighted by Gasteiger charge is -2.43. The van der Waals surface area contributed by atoms with Crippen LogP contribution in [-0.4, -0.2) is 61.4 Å². The maximum atomic E-state index is 12.9. The smallest absolute Gasteiger partial charge is 0.257 e. The Morgan fingerprint density at radius 3 is 2.50 bits per heavy atom. The molecular formula is C21H24FN3O3. The molecule has 0 aliphatic carbocycles. The van der Waals surface area contributed by atoms with Crippen LogP contribution in [0.15, 0.2) is 54.6 Å². The number of amides is 2. The van der Waals surface area contributed by atoms with E-state index in [1.165, 1.54) is 24.3 Å². The van der Waals surface area contributed by atoms with Crippen LogP contribution in [0.5, 0.6) is 5.75 Å². The number of halogens is 1.